The summed E-state index contributed by atoms with van der Waals surface area (Å²) in [6.45, 7) is 10.1. The lowest BCUT2D eigenvalue weighted by molar-refractivity contribution is 0.503. The van der Waals surface area contributed by atoms with E-state index < -0.39 is 0 Å². The monoisotopic (exact) mass is 287 g/mol. The van der Waals surface area contributed by atoms with Crippen LogP contribution in [0.25, 0.3) is 0 Å². The van der Waals surface area contributed by atoms with E-state index in [1.54, 1.807) is 6.26 Å². The molecule has 0 saturated heterocycles. The van der Waals surface area contributed by atoms with E-state index in [0.717, 1.165) is 37.8 Å². The molecule has 114 valence electrons. The third-order valence-electron chi connectivity index (χ3n) is 3.32. The first-order chi connectivity index (χ1) is 10.2. The normalized spacial score (nSPS) is 11.0. The lowest BCUT2D eigenvalue weighted by Gasteiger charge is -2.20. The smallest absolute Gasteiger partial charge is 0.128 e. The van der Waals surface area contributed by atoms with Crippen molar-refractivity contribution in [2.75, 3.05) is 18.0 Å². The molecule has 0 bridgehead atoms. The summed E-state index contributed by atoms with van der Waals surface area (Å²) in [7, 11) is 0. The Morgan fingerprint density at radius 1 is 1.29 bits per heavy atom. The molecular formula is C17H25N3O. The van der Waals surface area contributed by atoms with Crippen molar-refractivity contribution in [3.63, 3.8) is 0 Å². The van der Waals surface area contributed by atoms with Crippen LogP contribution in [0.4, 0.5) is 5.82 Å². The van der Waals surface area contributed by atoms with E-state index in [1.807, 2.05) is 18.3 Å². The average Bonchev–Trinajstić information content (AvgIpc) is 2.98. The third-order valence-corrected chi connectivity index (χ3v) is 3.32. The molecule has 4 nitrogen and oxygen atoms in total. The lowest BCUT2D eigenvalue weighted by Crippen LogP contribution is -2.23. The highest BCUT2D eigenvalue weighted by Gasteiger charge is 2.08. The van der Waals surface area contributed by atoms with E-state index in [4.69, 9.17) is 4.42 Å². The minimum absolute atomic E-state index is 0.668. The summed E-state index contributed by atoms with van der Waals surface area (Å²) < 4.78 is 5.41. The highest BCUT2D eigenvalue weighted by atomic mass is 16.3. The predicted octanol–water partition coefficient (Wildman–Crippen LogP) is 3.45. The Morgan fingerprint density at radius 3 is 2.71 bits per heavy atom. The number of furan rings is 1. The molecular weight excluding hydrogens is 262 g/mol. The average molecular weight is 287 g/mol. The first-order valence-electron chi connectivity index (χ1n) is 7.62. The number of pyridine rings is 1. The van der Waals surface area contributed by atoms with Crippen molar-refractivity contribution in [3.05, 3.63) is 48.0 Å². The quantitative estimate of drug-likeness (QED) is 0.807. The van der Waals surface area contributed by atoms with Crippen molar-refractivity contribution in [1.82, 2.24) is 10.3 Å². The summed E-state index contributed by atoms with van der Waals surface area (Å²) >= 11 is 0. The zero-order chi connectivity index (χ0) is 15.1. The Hall–Kier alpha value is -1.81. The number of nitrogens with zero attached hydrogens (tertiary/aromatic N) is 2. The molecule has 21 heavy (non-hydrogen) atoms. The summed E-state index contributed by atoms with van der Waals surface area (Å²) in [5.74, 6) is 2.61. The number of aromatic nitrogens is 1. The molecule has 0 atom stereocenters. The SMILES string of the molecule is CCN(Cc1ccco1)c1ccc(CNCC(C)C)cn1. The van der Waals surface area contributed by atoms with Crippen molar-refractivity contribution in [2.24, 2.45) is 5.92 Å². The van der Waals surface area contributed by atoms with Crippen LogP contribution in [0.3, 0.4) is 0 Å². The molecule has 0 radical (unpaired) electrons. The topological polar surface area (TPSA) is 41.3 Å². The van der Waals surface area contributed by atoms with Crippen LogP contribution >= 0.6 is 0 Å². The van der Waals surface area contributed by atoms with Gasteiger partial charge < -0.3 is 14.6 Å². The summed E-state index contributed by atoms with van der Waals surface area (Å²) in [6, 6.07) is 8.13. The fraction of sp³-hybridized carbons (Fsp3) is 0.471. The van der Waals surface area contributed by atoms with Gasteiger partial charge in [0.15, 0.2) is 0 Å². The fourth-order valence-electron chi connectivity index (χ4n) is 2.16. The zero-order valence-corrected chi connectivity index (χ0v) is 13.2. The second-order valence-electron chi connectivity index (χ2n) is 5.64. The van der Waals surface area contributed by atoms with Crippen LogP contribution in [0.1, 0.15) is 32.1 Å². The highest BCUT2D eigenvalue weighted by Crippen LogP contribution is 2.15. The second-order valence-corrected chi connectivity index (χ2v) is 5.64. The van der Waals surface area contributed by atoms with E-state index in [0.29, 0.717) is 5.92 Å². The van der Waals surface area contributed by atoms with Gasteiger partial charge in [-0.25, -0.2) is 4.98 Å². The van der Waals surface area contributed by atoms with E-state index in [-0.39, 0.29) is 0 Å². The number of rotatable bonds is 8. The van der Waals surface area contributed by atoms with Gasteiger partial charge in [-0.1, -0.05) is 19.9 Å². The number of hydrogen-bond acceptors (Lipinski definition) is 4. The molecule has 0 unspecified atom stereocenters. The zero-order valence-electron chi connectivity index (χ0n) is 13.2. The first kappa shape index (κ1) is 15.6. The van der Waals surface area contributed by atoms with Crippen molar-refractivity contribution in [3.8, 4) is 0 Å². The Labute approximate surface area is 127 Å². The standard InChI is InChI=1S/C17H25N3O/c1-4-20(13-16-6-5-9-21-16)17-8-7-15(12-19-17)11-18-10-14(2)3/h5-9,12,14,18H,4,10-11,13H2,1-3H3. The molecule has 0 amide bonds. The van der Waals surface area contributed by atoms with Gasteiger partial charge in [0.25, 0.3) is 0 Å². The predicted molar refractivity (Wildman–Crippen MR) is 86.2 cm³/mol. The van der Waals surface area contributed by atoms with Crippen LogP contribution in [0.5, 0.6) is 0 Å². The van der Waals surface area contributed by atoms with Crippen LogP contribution < -0.4 is 10.2 Å². The Bertz CT molecular complexity index is 505. The molecule has 2 aromatic rings. The first-order valence-corrected chi connectivity index (χ1v) is 7.62. The van der Waals surface area contributed by atoms with Gasteiger partial charge in [0.05, 0.1) is 12.8 Å². The molecule has 0 saturated carbocycles. The van der Waals surface area contributed by atoms with E-state index >= 15 is 0 Å². The fourth-order valence-corrected chi connectivity index (χ4v) is 2.16. The maximum Gasteiger partial charge on any atom is 0.128 e. The van der Waals surface area contributed by atoms with Crippen LogP contribution in [-0.2, 0) is 13.1 Å². The Kier molecular flexibility index (Phi) is 5.81. The van der Waals surface area contributed by atoms with Crippen LogP contribution in [0.2, 0.25) is 0 Å². The lowest BCUT2D eigenvalue weighted by atomic mass is 10.2. The van der Waals surface area contributed by atoms with Crippen LogP contribution in [-0.4, -0.2) is 18.1 Å². The largest absolute Gasteiger partial charge is 0.467 e. The summed E-state index contributed by atoms with van der Waals surface area (Å²) in [5.41, 5.74) is 1.22. The van der Waals surface area contributed by atoms with Gasteiger partial charge in [-0.2, -0.15) is 0 Å². The summed E-state index contributed by atoms with van der Waals surface area (Å²) in [5, 5.41) is 3.43. The highest BCUT2D eigenvalue weighted by molar-refractivity contribution is 5.39. The summed E-state index contributed by atoms with van der Waals surface area (Å²) in [6.07, 6.45) is 3.66. The van der Waals surface area contributed by atoms with Crippen LogP contribution in [0.15, 0.2) is 41.1 Å². The molecule has 0 aromatic carbocycles. The molecule has 0 spiro atoms. The molecule has 1 N–H and O–H groups in total. The molecule has 2 rings (SSSR count). The molecule has 0 aliphatic carbocycles. The van der Waals surface area contributed by atoms with E-state index in [9.17, 15) is 0 Å². The van der Waals surface area contributed by atoms with Crippen molar-refractivity contribution in [2.45, 2.75) is 33.9 Å². The van der Waals surface area contributed by atoms with Crippen molar-refractivity contribution < 1.29 is 4.42 Å². The maximum atomic E-state index is 5.41. The van der Waals surface area contributed by atoms with Gasteiger partial charge in [0, 0.05) is 19.3 Å². The minimum Gasteiger partial charge on any atom is -0.467 e. The van der Waals surface area contributed by atoms with Gasteiger partial charge in [-0.15, -0.1) is 0 Å². The maximum absolute atomic E-state index is 5.41. The minimum atomic E-state index is 0.668. The molecule has 0 aliphatic heterocycles. The van der Waals surface area contributed by atoms with E-state index in [2.05, 4.69) is 48.1 Å². The molecule has 4 heteroatoms. The van der Waals surface area contributed by atoms with Gasteiger partial charge >= 0.3 is 0 Å². The number of nitrogens with one attached hydrogen (secondary N) is 1. The Morgan fingerprint density at radius 2 is 2.14 bits per heavy atom. The van der Waals surface area contributed by atoms with Gasteiger partial charge in [-0.3, -0.25) is 0 Å². The number of hydrogen-bond donors (Lipinski definition) is 1. The van der Waals surface area contributed by atoms with Crippen molar-refractivity contribution in [1.29, 1.82) is 0 Å². The molecule has 2 heterocycles. The third kappa shape index (κ3) is 4.90. The molecule has 2 aromatic heterocycles. The molecule has 0 fully saturated rings. The van der Waals surface area contributed by atoms with Crippen molar-refractivity contribution >= 4 is 5.82 Å². The van der Waals surface area contributed by atoms with Gasteiger partial charge in [-0.05, 0) is 43.1 Å². The van der Waals surface area contributed by atoms with E-state index in [1.165, 1.54) is 5.56 Å². The second kappa shape index (κ2) is 7.84. The summed E-state index contributed by atoms with van der Waals surface area (Å²) in [4.78, 5) is 6.77. The number of anilines is 1. The Balaban J connectivity index is 1.93. The van der Waals surface area contributed by atoms with Gasteiger partial charge in [0.1, 0.15) is 11.6 Å². The molecule has 0 aliphatic rings. The van der Waals surface area contributed by atoms with Gasteiger partial charge in [0.2, 0.25) is 0 Å². The van der Waals surface area contributed by atoms with Crippen LogP contribution in [0, 0.1) is 5.92 Å².